The molecule has 158 valence electrons. The molecule has 7 heteroatoms. The van der Waals surface area contributed by atoms with Gasteiger partial charge in [-0.3, -0.25) is 14.2 Å². The van der Waals surface area contributed by atoms with Crippen LogP contribution in [0.1, 0.15) is 36.2 Å². The number of amides is 1. The van der Waals surface area contributed by atoms with E-state index in [1.165, 1.54) is 21.6 Å². The van der Waals surface area contributed by atoms with E-state index in [9.17, 15) is 14.0 Å². The van der Waals surface area contributed by atoms with Gasteiger partial charge in [-0.1, -0.05) is 12.1 Å². The molecule has 1 aromatic carbocycles. The average Bonchev–Trinajstić information content (AvgIpc) is 2.76. The highest BCUT2D eigenvalue weighted by Gasteiger charge is 2.16. The van der Waals surface area contributed by atoms with E-state index in [0.29, 0.717) is 17.6 Å². The largest absolute Gasteiger partial charge is 0.352 e. The molecule has 2 aromatic heterocycles. The number of carbonyl (C=O) groups excluding carboxylic acids is 1. The molecule has 30 heavy (non-hydrogen) atoms. The number of hydrogen-bond donors (Lipinski definition) is 2. The van der Waals surface area contributed by atoms with E-state index in [1.54, 1.807) is 30.5 Å². The molecule has 0 bridgehead atoms. The fraction of sp³-hybridized carbons (Fsp3) is 0.348. The number of fused-ring (bicyclic) bond motifs is 1. The molecule has 0 aliphatic heterocycles. The first kappa shape index (κ1) is 21.6. The van der Waals surface area contributed by atoms with E-state index in [-0.39, 0.29) is 23.8 Å². The van der Waals surface area contributed by atoms with Crippen LogP contribution in [0, 0.1) is 5.82 Å². The van der Waals surface area contributed by atoms with Gasteiger partial charge in [-0.15, -0.1) is 0 Å². The second-order valence-corrected chi connectivity index (χ2v) is 7.31. The molecule has 3 rings (SSSR count). The minimum atomic E-state index is -0.405. The minimum absolute atomic E-state index is 0.0906. The fourth-order valence-electron chi connectivity index (χ4n) is 3.53. The van der Waals surface area contributed by atoms with Gasteiger partial charge in [-0.25, -0.2) is 9.37 Å². The molecule has 2 heterocycles. The molecule has 0 radical (unpaired) electrons. The molecule has 2 N–H and O–H groups in total. The van der Waals surface area contributed by atoms with Crippen molar-refractivity contribution in [2.45, 2.75) is 26.8 Å². The van der Waals surface area contributed by atoms with Crippen LogP contribution in [0.4, 0.5) is 4.39 Å². The number of pyridine rings is 2. The van der Waals surface area contributed by atoms with E-state index >= 15 is 0 Å². The van der Waals surface area contributed by atoms with Crippen LogP contribution < -0.4 is 15.8 Å². The first-order valence-corrected chi connectivity index (χ1v) is 10.4. The molecule has 0 atom stereocenters. The molecule has 3 aromatic rings. The second kappa shape index (κ2) is 10.1. The summed E-state index contributed by atoms with van der Waals surface area (Å²) in [7, 11) is 0. The van der Waals surface area contributed by atoms with Crippen LogP contribution in [0.15, 0.2) is 53.5 Å². The minimum Gasteiger partial charge on any atom is -0.352 e. The van der Waals surface area contributed by atoms with Crippen molar-refractivity contribution in [1.29, 1.82) is 0 Å². The predicted octanol–water partition coefficient (Wildman–Crippen LogP) is 1.63. The van der Waals surface area contributed by atoms with Crippen LogP contribution >= 0.6 is 0 Å². The van der Waals surface area contributed by atoms with Crippen LogP contribution in [-0.4, -0.2) is 41.6 Å². The van der Waals surface area contributed by atoms with Gasteiger partial charge in [0.2, 0.25) is 0 Å². The number of quaternary nitrogens is 1. The first-order chi connectivity index (χ1) is 14.5. The summed E-state index contributed by atoms with van der Waals surface area (Å²) in [5, 5.41) is 3.58. The Labute approximate surface area is 175 Å². The third-order valence-corrected chi connectivity index (χ3v) is 5.34. The van der Waals surface area contributed by atoms with Crippen LogP contribution in [0.25, 0.3) is 11.0 Å². The topological polar surface area (TPSA) is 68.4 Å². The molecule has 0 saturated carbocycles. The number of hydrogen-bond acceptors (Lipinski definition) is 3. The van der Waals surface area contributed by atoms with Crippen LogP contribution in [-0.2, 0) is 6.54 Å². The Morgan fingerprint density at radius 3 is 2.60 bits per heavy atom. The van der Waals surface area contributed by atoms with Crippen molar-refractivity contribution in [3.63, 3.8) is 0 Å². The Morgan fingerprint density at radius 1 is 1.17 bits per heavy atom. The van der Waals surface area contributed by atoms with Gasteiger partial charge in [0.1, 0.15) is 17.0 Å². The lowest BCUT2D eigenvalue weighted by atomic mass is 10.1. The summed E-state index contributed by atoms with van der Waals surface area (Å²) >= 11 is 0. The summed E-state index contributed by atoms with van der Waals surface area (Å²) in [5.74, 6) is -0.720. The molecule has 0 unspecified atom stereocenters. The number of rotatable bonds is 9. The summed E-state index contributed by atoms with van der Waals surface area (Å²) < 4.78 is 14.7. The molecule has 0 fully saturated rings. The molecule has 6 nitrogen and oxygen atoms in total. The van der Waals surface area contributed by atoms with Gasteiger partial charge in [0.25, 0.3) is 11.5 Å². The predicted molar refractivity (Wildman–Crippen MR) is 115 cm³/mol. The number of benzene rings is 1. The van der Waals surface area contributed by atoms with E-state index in [4.69, 9.17) is 0 Å². The van der Waals surface area contributed by atoms with Crippen LogP contribution in [0.5, 0.6) is 0 Å². The molecule has 0 aliphatic rings. The summed E-state index contributed by atoms with van der Waals surface area (Å²) in [6.45, 7) is 8.09. The lowest BCUT2D eigenvalue weighted by Crippen LogP contribution is -3.11. The van der Waals surface area contributed by atoms with Crippen molar-refractivity contribution in [3.8, 4) is 0 Å². The quantitative estimate of drug-likeness (QED) is 0.526. The smallest absolute Gasteiger partial charge is 0.265 e. The van der Waals surface area contributed by atoms with Crippen molar-refractivity contribution < 1.29 is 14.1 Å². The Bertz CT molecular complexity index is 1060. The highest BCUT2D eigenvalue weighted by molar-refractivity contribution is 5.96. The number of aromatic nitrogens is 2. The number of carbonyl (C=O) groups is 1. The van der Waals surface area contributed by atoms with Crippen molar-refractivity contribution >= 4 is 16.9 Å². The van der Waals surface area contributed by atoms with Crippen molar-refractivity contribution in [1.82, 2.24) is 14.9 Å². The zero-order valence-corrected chi connectivity index (χ0v) is 17.5. The van der Waals surface area contributed by atoms with Crippen LogP contribution in [0.2, 0.25) is 0 Å². The lowest BCUT2D eigenvalue weighted by molar-refractivity contribution is -0.896. The second-order valence-electron chi connectivity index (χ2n) is 7.31. The fourth-order valence-corrected chi connectivity index (χ4v) is 3.53. The molecule has 0 saturated heterocycles. The molecule has 0 spiro atoms. The lowest BCUT2D eigenvalue weighted by Gasteiger charge is -2.15. The van der Waals surface area contributed by atoms with Crippen molar-refractivity contribution in [2.75, 3.05) is 26.2 Å². The standard InChI is InChI=1S/C23H27FN4O2/c1-3-27(4-2)14-6-13-26-22(29)20-15-18-7-5-12-25-21(18)28(23(20)30)16-17-8-10-19(24)11-9-17/h5,7-12,15H,3-4,6,13-14,16H2,1-2H3,(H,26,29)/p+1. The Kier molecular flexibility index (Phi) is 7.30. The Morgan fingerprint density at radius 2 is 1.90 bits per heavy atom. The van der Waals surface area contributed by atoms with E-state index in [0.717, 1.165) is 31.6 Å². The number of nitrogens with zero attached hydrogens (tertiary/aromatic N) is 2. The Hall–Kier alpha value is -3.06. The third kappa shape index (κ3) is 5.10. The maximum Gasteiger partial charge on any atom is 0.265 e. The van der Waals surface area contributed by atoms with Gasteiger partial charge in [-0.2, -0.15) is 0 Å². The van der Waals surface area contributed by atoms with Gasteiger partial charge in [0.05, 0.1) is 26.2 Å². The van der Waals surface area contributed by atoms with Gasteiger partial charge >= 0.3 is 0 Å². The maximum atomic E-state index is 13.2. The monoisotopic (exact) mass is 411 g/mol. The SMILES string of the molecule is CC[NH+](CC)CCCNC(=O)c1cc2cccnc2n(Cc2ccc(F)cc2)c1=O. The molecular weight excluding hydrogens is 383 g/mol. The summed E-state index contributed by atoms with van der Waals surface area (Å²) in [6, 6.07) is 11.1. The normalized spacial score (nSPS) is 11.2. The van der Waals surface area contributed by atoms with Crippen molar-refractivity contribution in [2.24, 2.45) is 0 Å². The summed E-state index contributed by atoms with van der Waals surface area (Å²) in [6.07, 6.45) is 2.46. The number of halogens is 1. The number of nitrogens with one attached hydrogen (secondary N) is 2. The zero-order chi connectivity index (χ0) is 21.5. The highest BCUT2D eigenvalue weighted by Crippen LogP contribution is 2.13. The molecule has 1 amide bonds. The van der Waals surface area contributed by atoms with E-state index < -0.39 is 5.56 Å². The maximum absolute atomic E-state index is 13.2. The summed E-state index contributed by atoms with van der Waals surface area (Å²) in [5.41, 5.74) is 0.934. The third-order valence-electron chi connectivity index (χ3n) is 5.34. The highest BCUT2D eigenvalue weighted by atomic mass is 19.1. The molecular formula is C23H28FN4O2+. The van der Waals surface area contributed by atoms with Gasteiger partial charge in [0.15, 0.2) is 0 Å². The molecule has 0 aliphatic carbocycles. The van der Waals surface area contributed by atoms with Crippen molar-refractivity contribution in [3.05, 3.63) is 76.0 Å². The van der Waals surface area contributed by atoms with E-state index in [1.807, 2.05) is 6.07 Å². The first-order valence-electron chi connectivity index (χ1n) is 10.4. The zero-order valence-electron chi connectivity index (χ0n) is 17.5. The average molecular weight is 412 g/mol. The Balaban J connectivity index is 1.84. The van der Waals surface area contributed by atoms with E-state index in [2.05, 4.69) is 24.1 Å². The van der Waals surface area contributed by atoms with Gasteiger partial charge in [0, 0.05) is 24.5 Å². The van der Waals surface area contributed by atoms with Gasteiger partial charge in [-0.05, 0) is 49.7 Å². The summed E-state index contributed by atoms with van der Waals surface area (Å²) in [4.78, 5) is 31.7. The van der Waals surface area contributed by atoms with Gasteiger partial charge < -0.3 is 10.2 Å². The van der Waals surface area contributed by atoms with Crippen LogP contribution in [0.3, 0.4) is 0 Å².